The van der Waals surface area contributed by atoms with Crippen molar-refractivity contribution in [3.8, 4) is 0 Å². The molecule has 1 heterocycles. The van der Waals surface area contributed by atoms with Gasteiger partial charge in [-0.1, -0.05) is 40.2 Å². The van der Waals surface area contributed by atoms with Crippen LogP contribution < -0.4 is 5.32 Å². The zero-order chi connectivity index (χ0) is 21.5. The highest BCUT2D eigenvalue weighted by Gasteiger charge is 2.17. The quantitative estimate of drug-likeness (QED) is 0.485. The molecule has 0 bridgehead atoms. The van der Waals surface area contributed by atoms with Crippen molar-refractivity contribution in [3.63, 3.8) is 0 Å². The number of amides is 2. The van der Waals surface area contributed by atoms with E-state index in [-0.39, 0.29) is 24.9 Å². The van der Waals surface area contributed by atoms with Crippen LogP contribution in [0.25, 0.3) is 11.0 Å². The molecule has 6 nitrogen and oxygen atoms in total. The maximum atomic E-state index is 12.9. The molecule has 2 aromatic carbocycles. The molecule has 0 spiro atoms. The van der Waals surface area contributed by atoms with Crippen LogP contribution in [0.15, 0.2) is 78.3 Å². The third kappa shape index (κ3) is 5.04. The Morgan fingerprint density at radius 1 is 1.07 bits per heavy atom. The molecule has 0 radical (unpaired) electrons. The smallest absolute Gasteiger partial charge is 0.251 e. The summed E-state index contributed by atoms with van der Waals surface area (Å²) in [4.78, 5) is 31.7. The van der Waals surface area contributed by atoms with E-state index in [9.17, 15) is 9.59 Å². The molecule has 154 valence electrons. The van der Waals surface area contributed by atoms with E-state index in [1.807, 2.05) is 41.0 Å². The molecule has 0 aliphatic rings. The Morgan fingerprint density at radius 2 is 1.73 bits per heavy atom. The summed E-state index contributed by atoms with van der Waals surface area (Å²) >= 11 is 3.36. The van der Waals surface area contributed by atoms with Gasteiger partial charge in [0.05, 0.1) is 17.6 Å². The Labute approximate surface area is 184 Å². The number of imidazole rings is 1. The Kier molecular flexibility index (Phi) is 7.19. The number of para-hydroxylation sites is 2. The lowest BCUT2D eigenvalue weighted by atomic mass is 10.2. The highest BCUT2D eigenvalue weighted by atomic mass is 79.9. The van der Waals surface area contributed by atoms with Gasteiger partial charge in [0.25, 0.3) is 5.91 Å². The van der Waals surface area contributed by atoms with E-state index in [2.05, 4.69) is 39.4 Å². The van der Waals surface area contributed by atoms with Crippen molar-refractivity contribution in [2.45, 2.75) is 13.1 Å². The third-order valence-electron chi connectivity index (χ3n) is 4.59. The van der Waals surface area contributed by atoms with Gasteiger partial charge in [-0.05, 0) is 36.4 Å². The molecule has 30 heavy (non-hydrogen) atoms. The van der Waals surface area contributed by atoms with Crippen LogP contribution in [0, 0.1) is 0 Å². The number of carbonyl (C=O) groups excluding carboxylic acids is 2. The summed E-state index contributed by atoms with van der Waals surface area (Å²) in [5.41, 5.74) is 2.17. The summed E-state index contributed by atoms with van der Waals surface area (Å²) in [7, 11) is 0. The average Bonchev–Trinajstić information content (AvgIpc) is 3.09. The lowest BCUT2D eigenvalue weighted by molar-refractivity contribution is -0.130. The first-order valence-corrected chi connectivity index (χ1v) is 10.3. The number of carbonyl (C=O) groups is 2. The zero-order valence-corrected chi connectivity index (χ0v) is 18.1. The number of halogens is 1. The minimum Gasteiger partial charge on any atom is -0.345 e. The van der Waals surface area contributed by atoms with E-state index in [0.717, 1.165) is 15.5 Å². The largest absolute Gasteiger partial charge is 0.345 e. The number of hydrogen-bond acceptors (Lipinski definition) is 3. The molecule has 3 rings (SSSR count). The Balaban J connectivity index is 1.83. The fourth-order valence-electron chi connectivity index (χ4n) is 3.12. The lowest BCUT2D eigenvalue weighted by Crippen LogP contribution is -2.35. The van der Waals surface area contributed by atoms with Gasteiger partial charge < -0.3 is 14.8 Å². The predicted molar refractivity (Wildman–Crippen MR) is 122 cm³/mol. The van der Waals surface area contributed by atoms with E-state index in [1.54, 1.807) is 29.2 Å². The molecule has 0 atom stereocenters. The lowest BCUT2D eigenvalue weighted by Gasteiger charge is -2.20. The summed E-state index contributed by atoms with van der Waals surface area (Å²) < 4.78 is 2.75. The highest BCUT2D eigenvalue weighted by molar-refractivity contribution is 9.10. The molecule has 0 saturated carbocycles. The highest BCUT2D eigenvalue weighted by Crippen LogP contribution is 2.17. The van der Waals surface area contributed by atoms with Crippen molar-refractivity contribution in [2.24, 2.45) is 0 Å². The van der Waals surface area contributed by atoms with Crippen LogP contribution in [0.5, 0.6) is 0 Å². The van der Waals surface area contributed by atoms with Gasteiger partial charge >= 0.3 is 0 Å². The fourth-order valence-corrected chi connectivity index (χ4v) is 3.39. The number of rotatable bonds is 9. The van der Waals surface area contributed by atoms with Gasteiger partial charge in [0.1, 0.15) is 12.4 Å². The van der Waals surface area contributed by atoms with Crippen LogP contribution >= 0.6 is 15.9 Å². The first kappa shape index (κ1) is 21.5. The van der Waals surface area contributed by atoms with E-state index < -0.39 is 0 Å². The van der Waals surface area contributed by atoms with Crippen LogP contribution in [-0.2, 0) is 17.9 Å². The molecule has 0 unspecified atom stereocenters. The number of nitrogens with zero attached hydrogens (tertiary/aromatic N) is 3. The molecule has 0 aliphatic heterocycles. The van der Waals surface area contributed by atoms with E-state index in [0.29, 0.717) is 24.5 Å². The summed E-state index contributed by atoms with van der Waals surface area (Å²) in [6, 6.07) is 14.7. The van der Waals surface area contributed by atoms with Crippen LogP contribution in [0.1, 0.15) is 16.2 Å². The predicted octanol–water partition coefficient (Wildman–Crippen LogP) is 3.93. The van der Waals surface area contributed by atoms with Crippen LogP contribution in [-0.4, -0.2) is 39.4 Å². The first-order valence-electron chi connectivity index (χ1n) is 9.51. The molecule has 2 amide bonds. The minimum absolute atomic E-state index is 0.0709. The zero-order valence-electron chi connectivity index (χ0n) is 16.6. The Hall–Kier alpha value is -3.19. The van der Waals surface area contributed by atoms with E-state index >= 15 is 0 Å². The topological polar surface area (TPSA) is 67.2 Å². The molecule has 3 aromatic rings. The second-order valence-corrected chi connectivity index (χ2v) is 7.58. The number of hydrogen-bond donors (Lipinski definition) is 1. The molecule has 0 aliphatic carbocycles. The minimum atomic E-state index is -0.202. The normalized spacial score (nSPS) is 10.6. The van der Waals surface area contributed by atoms with Gasteiger partial charge in [0.15, 0.2) is 0 Å². The number of nitrogens with one attached hydrogen (secondary N) is 1. The second-order valence-electron chi connectivity index (χ2n) is 6.67. The summed E-state index contributed by atoms with van der Waals surface area (Å²) in [6.45, 7) is 8.63. The third-order valence-corrected chi connectivity index (χ3v) is 5.12. The Bertz CT molecular complexity index is 1060. The van der Waals surface area contributed by atoms with Crippen molar-refractivity contribution in [2.75, 3.05) is 13.1 Å². The van der Waals surface area contributed by atoms with Gasteiger partial charge in [-0.25, -0.2) is 4.98 Å². The number of fused-ring (bicyclic) bond motifs is 1. The van der Waals surface area contributed by atoms with Crippen LogP contribution in [0.4, 0.5) is 0 Å². The van der Waals surface area contributed by atoms with Gasteiger partial charge in [-0.15, -0.1) is 13.2 Å². The van der Waals surface area contributed by atoms with Gasteiger partial charge in [-0.3, -0.25) is 9.59 Å². The van der Waals surface area contributed by atoms with Gasteiger partial charge in [0.2, 0.25) is 5.91 Å². The molecule has 1 aromatic heterocycles. The molecule has 0 saturated heterocycles. The number of benzene rings is 2. The standard InChI is InChI=1S/C23H23BrN4O2/c1-3-13-27(14-4-2)22(29)16-28-20-8-6-5-7-19(20)26-21(28)15-25-23(30)17-9-11-18(24)12-10-17/h3-12H,1-2,13-16H2,(H,25,30). The molecule has 7 heteroatoms. The molecular weight excluding hydrogens is 444 g/mol. The van der Waals surface area contributed by atoms with E-state index in [4.69, 9.17) is 0 Å². The maximum Gasteiger partial charge on any atom is 0.251 e. The summed E-state index contributed by atoms with van der Waals surface area (Å²) in [6.07, 6.45) is 3.37. The van der Waals surface area contributed by atoms with Crippen molar-refractivity contribution >= 4 is 38.8 Å². The summed E-state index contributed by atoms with van der Waals surface area (Å²) in [5, 5.41) is 2.89. The van der Waals surface area contributed by atoms with Crippen LogP contribution in [0.2, 0.25) is 0 Å². The van der Waals surface area contributed by atoms with E-state index in [1.165, 1.54) is 0 Å². The number of aromatic nitrogens is 2. The monoisotopic (exact) mass is 466 g/mol. The van der Waals surface area contributed by atoms with Gasteiger partial charge in [0, 0.05) is 23.1 Å². The average molecular weight is 467 g/mol. The van der Waals surface area contributed by atoms with Crippen LogP contribution in [0.3, 0.4) is 0 Å². The fraction of sp³-hybridized carbons (Fsp3) is 0.174. The molecular formula is C23H23BrN4O2. The SMILES string of the molecule is C=CCN(CC=C)C(=O)Cn1c(CNC(=O)c2ccc(Br)cc2)nc2ccccc21. The maximum absolute atomic E-state index is 12.9. The summed E-state index contributed by atoms with van der Waals surface area (Å²) in [5.74, 6) is 0.345. The van der Waals surface area contributed by atoms with Crippen molar-refractivity contribution < 1.29 is 9.59 Å². The second kappa shape index (κ2) is 10.0. The first-order chi connectivity index (χ1) is 14.5. The van der Waals surface area contributed by atoms with Crippen molar-refractivity contribution in [1.82, 2.24) is 19.8 Å². The Morgan fingerprint density at radius 3 is 2.40 bits per heavy atom. The van der Waals surface area contributed by atoms with Crippen molar-refractivity contribution in [1.29, 1.82) is 0 Å². The van der Waals surface area contributed by atoms with Gasteiger partial charge in [-0.2, -0.15) is 0 Å². The molecule has 0 fully saturated rings. The molecule has 1 N–H and O–H groups in total. The van der Waals surface area contributed by atoms with Crippen molar-refractivity contribution in [3.05, 3.63) is 89.7 Å².